The van der Waals surface area contributed by atoms with Gasteiger partial charge in [0.1, 0.15) is 5.75 Å². The molecule has 0 fully saturated rings. The van der Waals surface area contributed by atoms with E-state index in [1.165, 1.54) is 0 Å². The highest BCUT2D eigenvalue weighted by Crippen LogP contribution is 2.20. The van der Waals surface area contributed by atoms with Crippen LogP contribution in [0.2, 0.25) is 0 Å². The third-order valence-electron chi connectivity index (χ3n) is 1.76. The summed E-state index contributed by atoms with van der Waals surface area (Å²) >= 11 is 5.02. The SMILES string of the molecule is COC(=S)c1ccc(C)cc1OC. The van der Waals surface area contributed by atoms with Gasteiger partial charge in [0.25, 0.3) is 0 Å². The first kappa shape index (κ1) is 9.99. The van der Waals surface area contributed by atoms with Crippen molar-refractivity contribution in [3.8, 4) is 5.75 Å². The van der Waals surface area contributed by atoms with E-state index in [1.54, 1.807) is 14.2 Å². The van der Waals surface area contributed by atoms with Crippen molar-refractivity contribution in [3.05, 3.63) is 29.3 Å². The van der Waals surface area contributed by atoms with Crippen LogP contribution in [0.1, 0.15) is 11.1 Å². The number of aryl methyl sites for hydroxylation is 1. The second-order valence-corrected chi connectivity index (χ2v) is 3.07. The van der Waals surface area contributed by atoms with E-state index in [0.29, 0.717) is 5.05 Å². The van der Waals surface area contributed by atoms with Gasteiger partial charge in [0, 0.05) is 0 Å². The maximum absolute atomic E-state index is 5.18. The van der Waals surface area contributed by atoms with E-state index in [2.05, 4.69) is 0 Å². The monoisotopic (exact) mass is 196 g/mol. The molecule has 70 valence electrons. The molecule has 2 nitrogen and oxygen atoms in total. The first-order chi connectivity index (χ1) is 6.19. The van der Waals surface area contributed by atoms with Gasteiger partial charge >= 0.3 is 0 Å². The largest absolute Gasteiger partial charge is 0.496 e. The van der Waals surface area contributed by atoms with E-state index in [1.807, 2.05) is 25.1 Å². The first-order valence-corrected chi connectivity index (χ1v) is 4.33. The molecule has 0 unspecified atom stereocenters. The second kappa shape index (κ2) is 4.23. The number of benzene rings is 1. The second-order valence-electron chi connectivity index (χ2n) is 2.70. The normalized spacial score (nSPS) is 9.46. The van der Waals surface area contributed by atoms with Gasteiger partial charge in [-0.05, 0) is 36.8 Å². The summed E-state index contributed by atoms with van der Waals surface area (Å²) in [6, 6.07) is 5.81. The highest BCUT2D eigenvalue weighted by atomic mass is 32.1. The minimum absolute atomic E-state index is 0.455. The molecule has 0 aliphatic carbocycles. The van der Waals surface area contributed by atoms with Gasteiger partial charge in [0.05, 0.1) is 19.8 Å². The summed E-state index contributed by atoms with van der Waals surface area (Å²) in [5.41, 5.74) is 1.96. The molecule has 0 spiro atoms. The molecule has 0 atom stereocenters. The molecule has 13 heavy (non-hydrogen) atoms. The van der Waals surface area contributed by atoms with Crippen LogP contribution in [0.25, 0.3) is 0 Å². The third kappa shape index (κ3) is 2.18. The molecule has 1 rings (SSSR count). The molecule has 0 N–H and O–H groups in total. The van der Waals surface area contributed by atoms with Crippen LogP contribution in [0, 0.1) is 6.92 Å². The van der Waals surface area contributed by atoms with Crippen LogP contribution in [0.15, 0.2) is 18.2 Å². The molecule has 0 aliphatic rings. The fraction of sp³-hybridized carbons (Fsp3) is 0.300. The number of thiocarbonyl (C=S) groups is 1. The summed E-state index contributed by atoms with van der Waals surface area (Å²) < 4.78 is 10.2. The minimum Gasteiger partial charge on any atom is -0.496 e. The molecular formula is C10H12O2S. The molecule has 0 aliphatic heterocycles. The van der Waals surface area contributed by atoms with Crippen molar-refractivity contribution in [2.24, 2.45) is 0 Å². The summed E-state index contributed by atoms with van der Waals surface area (Å²) in [5, 5.41) is 0.455. The van der Waals surface area contributed by atoms with Gasteiger partial charge in [-0.1, -0.05) is 6.07 Å². The molecule has 0 heterocycles. The Bertz CT molecular complexity index is 321. The highest BCUT2D eigenvalue weighted by Gasteiger charge is 2.07. The molecule has 3 heteroatoms. The predicted octanol–water partition coefficient (Wildman–Crippen LogP) is 2.33. The van der Waals surface area contributed by atoms with Crippen LogP contribution in [-0.2, 0) is 4.74 Å². The number of methoxy groups -OCH3 is 2. The van der Waals surface area contributed by atoms with Crippen molar-refractivity contribution >= 4 is 17.3 Å². The van der Waals surface area contributed by atoms with Gasteiger partial charge in [0.2, 0.25) is 0 Å². The van der Waals surface area contributed by atoms with Gasteiger partial charge in [-0.2, -0.15) is 0 Å². The fourth-order valence-electron chi connectivity index (χ4n) is 1.08. The van der Waals surface area contributed by atoms with Gasteiger partial charge < -0.3 is 9.47 Å². The zero-order chi connectivity index (χ0) is 9.84. The Morgan fingerprint density at radius 3 is 2.54 bits per heavy atom. The quantitative estimate of drug-likeness (QED) is 0.676. The summed E-state index contributed by atoms with van der Waals surface area (Å²) in [4.78, 5) is 0. The van der Waals surface area contributed by atoms with E-state index >= 15 is 0 Å². The topological polar surface area (TPSA) is 18.5 Å². The Hall–Kier alpha value is -1.09. The molecular weight excluding hydrogens is 184 g/mol. The lowest BCUT2D eigenvalue weighted by Gasteiger charge is -2.08. The maximum Gasteiger partial charge on any atom is 0.194 e. The van der Waals surface area contributed by atoms with Crippen LogP contribution >= 0.6 is 12.2 Å². The predicted molar refractivity (Wildman–Crippen MR) is 56.4 cm³/mol. The van der Waals surface area contributed by atoms with Gasteiger partial charge in [0.15, 0.2) is 5.05 Å². The number of hydrogen-bond donors (Lipinski definition) is 0. The average molecular weight is 196 g/mol. The lowest BCUT2D eigenvalue weighted by molar-refractivity contribution is 0.397. The van der Waals surface area contributed by atoms with E-state index in [4.69, 9.17) is 21.7 Å². The fourth-order valence-corrected chi connectivity index (χ4v) is 1.25. The summed E-state index contributed by atoms with van der Waals surface area (Å²) in [5.74, 6) is 0.756. The van der Waals surface area contributed by atoms with Crippen molar-refractivity contribution < 1.29 is 9.47 Å². The molecule has 0 saturated heterocycles. The zero-order valence-corrected chi connectivity index (χ0v) is 8.77. The summed E-state index contributed by atoms with van der Waals surface area (Å²) in [6.07, 6.45) is 0. The summed E-state index contributed by atoms with van der Waals surface area (Å²) in [6.45, 7) is 2.00. The Balaban J connectivity index is 3.13. The van der Waals surface area contributed by atoms with Gasteiger partial charge in [-0.3, -0.25) is 0 Å². The first-order valence-electron chi connectivity index (χ1n) is 3.92. The Labute approximate surface area is 83.5 Å². The standard InChI is InChI=1S/C10H12O2S/c1-7-4-5-8(10(13)12-3)9(6-7)11-2/h4-6H,1-3H3. The molecule has 0 bridgehead atoms. The Morgan fingerprint density at radius 1 is 1.31 bits per heavy atom. The number of ether oxygens (including phenoxy) is 2. The molecule has 1 aromatic carbocycles. The van der Waals surface area contributed by atoms with E-state index in [9.17, 15) is 0 Å². The van der Waals surface area contributed by atoms with Crippen molar-refractivity contribution in [1.29, 1.82) is 0 Å². The van der Waals surface area contributed by atoms with E-state index in [0.717, 1.165) is 16.9 Å². The number of rotatable bonds is 2. The van der Waals surface area contributed by atoms with Gasteiger partial charge in [-0.15, -0.1) is 0 Å². The molecule has 0 saturated carbocycles. The molecule has 1 aromatic rings. The minimum atomic E-state index is 0.455. The van der Waals surface area contributed by atoms with Crippen LogP contribution in [-0.4, -0.2) is 19.3 Å². The molecule has 0 aromatic heterocycles. The molecule has 0 amide bonds. The van der Waals surface area contributed by atoms with Crippen LogP contribution in [0.5, 0.6) is 5.75 Å². The van der Waals surface area contributed by atoms with E-state index in [-0.39, 0.29) is 0 Å². The lowest BCUT2D eigenvalue weighted by Crippen LogP contribution is -2.02. The van der Waals surface area contributed by atoms with Crippen LogP contribution in [0.4, 0.5) is 0 Å². The average Bonchev–Trinajstić information content (AvgIpc) is 2.16. The maximum atomic E-state index is 5.18. The van der Waals surface area contributed by atoms with Crippen LogP contribution < -0.4 is 4.74 Å². The summed E-state index contributed by atoms with van der Waals surface area (Å²) in [7, 11) is 3.18. The number of hydrogen-bond acceptors (Lipinski definition) is 3. The third-order valence-corrected chi connectivity index (χ3v) is 2.15. The van der Waals surface area contributed by atoms with Gasteiger partial charge in [-0.25, -0.2) is 0 Å². The molecule has 0 radical (unpaired) electrons. The van der Waals surface area contributed by atoms with Crippen molar-refractivity contribution in [3.63, 3.8) is 0 Å². The van der Waals surface area contributed by atoms with Crippen molar-refractivity contribution in [1.82, 2.24) is 0 Å². The van der Waals surface area contributed by atoms with Crippen LogP contribution in [0.3, 0.4) is 0 Å². The highest BCUT2D eigenvalue weighted by molar-refractivity contribution is 7.80. The zero-order valence-electron chi connectivity index (χ0n) is 7.96. The van der Waals surface area contributed by atoms with Crippen molar-refractivity contribution in [2.75, 3.05) is 14.2 Å². The smallest absolute Gasteiger partial charge is 0.194 e. The van der Waals surface area contributed by atoms with Crippen molar-refractivity contribution in [2.45, 2.75) is 6.92 Å². The lowest BCUT2D eigenvalue weighted by atomic mass is 10.1. The Kier molecular flexibility index (Phi) is 3.25. The Morgan fingerprint density at radius 2 is 2.00 bits per heavy atom. The van der Waals surface area contributed by atoms with E-state index < -0.39 is 0 Å².